The van der Waals surface area contributed by atoms with Crippen LogP contribution >= 0.6 is 0 Å². The molecule has 0 amide bonds. The summed E-state index contributed by atoms with van der Waals surface area (Å²) in [5.74, 6) is 0.570. The van der Waals surface area contributed by atoms with E-state index in [2.05, 4.69) is 179 Å². The molecule has 0 aliphatic carbocycles. The average molecular weight is 793 g/mol. The first-order chi connectivity index (χ1) is 30.7. The SMILES string of the molecule is c1ccc(-n2c3ccccc3c3ccc(-c4cc5c6ccccc6oc5c5c4c4ccccc4n5-c4nc(-c5ccc6oc7ccccc7c6c5)c5ccccc5n4)cc32)cc1. The summed E-state index contributed by atoms with van der Waals surface area (Å²) >= 11 is 0. The Balaban J connectivity index is 1.10. The third kappa shape index (κ3) is 4.63. The van der Waals surface area contributed by atoms with Gasteiger partial charge >= 0.3 is 0 Å². The van der Waals surface area contributed by atoms with Gasteiger partial charge in [-0.25, -0.2) is 9.97 Å². The van der Waals surface area contributed by atoms with E-state index in [-0.39, 0.29) is 0 Å². The van der Waals surface area contributed by atoms with Crippen molar-refractivity contribution < 1.29 is 8.83 Å². The van der Waals surface area contributed by atoms with E-state index in [1.54, 1.807) is 0 Å². The van der Waals surface area contributed by atoms with Crippen LogP contribution in [0.5, 0.6) is 0 Å². The van der Waals surface area contributed by atoms with Crippen molar-refractivity contribution >= 4 is 98.4 Å². The minimum Gasteiger partial charge on any atom is -0.456 e. The fourth-order valence-corrected chi connectivity index (χ4v) is 10.0. The molecule has 9 aromatic carbocycles. The first kappa shape index (κ1) is 33.4. The zero-order valence-electron chi connectivity index (χ0n) is 33.1. The summed E-state index contributed by atoms with van der Waals surface area (Å²) in [5, 5.41) is 9.80. The van der Waals surface area contributed by atoms with Crippen molar-refractivity contribution in [3.05, 3.63) is 194 Å². The molecule has 0 saturated carbocycles. The molecule has 0 radical (unpaired) electrons. The Morgan fingerprint density at radius 2 is 0.984 bits per heavy atom. The lowest BCUT2D eigenvalue weighted by Gasteiger charge is -2.13. The predicted molar refractivity (Wildman–Crippen MR) is 254 cm³/mol. The molecule has 0 fully saturated rings. The van der Waals surface area contributed by atoms with Crippen molar-refractivity contribution in [3.63, 3.8) is 0 Å². The number of aromatic nitrogens is 4. The van der Waals surface area contributed by atoms with E-state index in [9.17, 15) is 0 Å². The van der Waals surface area contributed by atoms with E-state index in [4.69, 9.17) is 18.8 Å². The lowest BCUT2D eigenvalue weighted by Crippen LogP contribution is -2.03. The second-order valence-electron chi connectivity index (χ2n) is 16.1. The molecule has 0 spiro atoms. The Bertz CT molecular complexity index is 4170. The smallest absolute Gasteiger partial charge is 0.235 e. The fourth-order valence-electron chi connectivity index (χ4n) is 10.0. The summed E-state index contributed by atoms with van der Waals surface area (Å²) < 4.78 is 17.8. The Morgan fingerprint density at radius 3 is 1.81 bits per heavy atom. The highest BCUT2D eigenvalue weighted by molar-refractivity contribution is 6.26. The van der Waals surface area contributed by atoms with Gasteiger partial charge in [-0.2, -0.15) is 0 Å². The number of hydrogen-bond donors (Lipinski definition) is 0. The number of rotatable bonds is 4. The van der Waals surface area contributed by atoms with Gasteiger partial charge in [0.2, 0.25) is 5.95 Å². The standard InChI is InChI=1S/C56H32N4O2/c1-2-14-35(15-3-1)59-46-22-10-5-16-36(46)37-28-26-33(31-48(37)59)42-32-44-39-18-8-13-25-50(39)62-55(44)54-52(42)41-20-6-11-23-47(41)60(54)56-57-45-21-9-4-19-40(45)53(58-56)34-27-29-51-43(30-34)38-17-7-12-24-49(38)61-51/h1-32H. The maximum Gasteiger partial charge on any atom is 0.235 e. The van der Waals surface area contributed by atoms with Gasteiger partial charge in [0.15, 0.2) is 5.58 Å². The highest BCUT2D eigenvalue weighted by atomic mass is 16.3. The number of furan rings is 2. The molecule has 288 valence electrons. The molecule has 0 atom stereocenters. The predicted octanol–water partition coefficient (Wildman–Crippen LogP) is 15.0. The summed E-state index contributed by atoms with van der Waals surface area (Å²) in [6, 6.07) is 68.3. The molecule has 6 nitrogen and oxygen atoms in total. The fraction of sp³-hybridized carbons (Fsp3) is 0. The molecule has 62 heavy (non-hydrogen) atoms. The van der Waals surface area contributed by atoms with Crippen LogP contribution in [0.25, 0.3) is 132 Å². The van der Waals surface area contributed by atoms with Gasteiger partial charge < -0.3 is 13.4 Å². The first-order valence-corrected chi connectivity index (χ1v) is 20.9. The van der Waals surface area contributed by atoms with Gasteiger partial charge in [0.1, 0.15) is 22.3 Å². The van der Waals surface area contributed by atoms with Gasteiger partial charge in [0.05, 0.1) is 27.8 Å². The van der Waals surface area contributed by atoms with Crippen LogP contribution in [0.4, 0.5) is 0 Å². The van der Waals surface area contributed by atoms with E-state index in [0.29, 0.717) is 5.95 Å². The maximum atomic E-state index is 6.93. The average Bonchev–Trinajstić information content (AvgIpc) is 4.09. The van der Waals surface area contributed by atoms with Gasteiger partial charge in [0.25, 0.3) is 0 Å². The first-order valence-electron chi connectivity index (χ1n) is 20.9. The second kappa shape index (κ2) is 12.5. The molecule has 6 heteroatoms. The van der Waals surface area contributed by atoms with E-state index < -0.39 is 0 Å². The molecule has 5 heterocycles. The summed E-state index contributed by atoms with van der Waals surface area (Å²) in [6.07, 6.45) is 0. The number of para-hydroxylation sites is 6. The van der Waals surface area contributed by atoms with Crippen molar-refractivity contribution in [3.8, 4) is 34.0 Å². The molecule has 14 aromatic rings. The molecule has 0 aliphatic rings. The zero-order valence-corrected chi connectivity index (χ0v) is 33.1. The van der Waals surface area contributed by atoms with Crippen LogP contribution in [0.1, 0.15) is 0 Å². The zero-order chi connectivity index (χ0) is 40.5. The van der Waals surface area contributed by atoms with E-state index in [1.807, 2.05) is 24.3 Å². The molecule has 0 unspecified atom stereocenters. The van der Waals surface area contributed by atoms with Crippen LogP contribution in [0.15, 0.2) is 203 Å². The normalized spacial score (nSPS) is 12.2. The minimum absolute atomic E-state index is 0.570. The van der Waals surface area contributed by atoms with Gasteiger partial charge in [0, 0.05) is 59.7 Å². The van der Waals surface area contributed by atoms with Crippen LogP contribution in [0.3, 0.4) is 0 Å². The van der Waals surface area contributed by atoms with Crippen molar-refractivity contribution in [2.45, 2.75) is 0 Å². The lowest BCUT2D eigenvalue weighted by molar-refractivity contribution is 0.669. The maximum absolute atomic E-state index is 6.93. The van der Waals surface area contributed by atoms with Gasteiger partial charge in [-0.05, 0) is 83.9 Å². The summed E-state index contributed by atoms with van der Waals surface area (Å²) in [4.78, 5) is 10.9. The van der Waals surface area contributed by atoms with Crippen molar-refractivity contribution in [2.24, 2.45) is 0 Å². The Morgan fingerprint density at radius 1 is 0.371 bits per heavy atom. The van der Waals surface area contributed by atoms with E-state index in [0.717, 1.165) is 110 Å². The monoisotopic (exact) mass is 792 g/mol. The van der Waals surface area contributed by atoms with Crippen molar-refractivity contribution in [2.75, 3.05) is 0 Å². The number of fused-ring (bicyclic) bond motifs is 14. The Kier molecular flexibility index (Phi) is 6.74. The molecule has 0 bridgehead atoms. The summed E-state index contributed by atoms with van der Waals surface area (Å²) in [5.41, 5.74) is 13.6. The molecule has 0 saturated heterocycles. The third-order valence-corrected chi connectivity index (χ3v) is 12.7. The quantitative estimate of drug-likeness (QED) is 0.178. The number of nitrogens with zero attached hydrogens (tertiary/aromatic N) is 4. The minimum atomic E-state index is 0.570. The van der Waals surface area contributed by atoms with Crippen LogP contribution in [-0.2, 0) is 0 Å². The van der Waals surface area contributed by atoms with Gasteiger partial charge in [-0.1, -0.05) is 121 Å². The molecular weight excluding hydrogens is 761 g/mol. The lowest BCUT2D eigenvalue weighted by atomic mass is 9.96. The largest absolute Gasteiger partial charge is 0.456 e. The molecule has 0 aliphatic heterocycles. The summed E-state index contributed by atoms with van der Waals surface area (Å²) in [7, 11) is 0. The molecule has 0 N–H and O–H groups in total. The van der Waals surface area contributed by atoms with Crippen LogP contribution in [0, 0.1) is 0 Å². The number of benzene rings is 9. The summed E-state index contributed by atoms with van der Waals surface area (Å²) in [6.45, 7) is 0. The topological polar surface area (TPSA) is 61.9 Å². The highest BCUT2D eigenvalue weighted by Crippen LogP contribution is 2.46. The third-order valence-electron chi connectivity index (χ3n) is 12.7. The van der Waals surface area contributed by atoms with E-state index >= 15 is 0 Å². The Hall–Kier alpha value is -8.48. The second-order valence-corrected chi connectivity index (χ2v) is 16.1. The van der Waals surface area contributed by atoms with Crippen LogP contribution in [0.2, 0.25) is 0 Å². The molecule has 5 aromatic heterocycles. The van der Waals surface area contributed by atoms with Gasteiger partial charge in [-0.15, -0.1) is 0 Å². The Labute approximate surface area is 353 Å². The number of hydrogen-bond acceptors (Lipinski definition) is 4. The van der Waals surface area contributed by atoms with Gasteiger partial charge in [-0.3, -0.25) is 4.57 Å². The molecule has 14 rings (SSSR count). The van der Waals surface area contributed by atoms with Crippen molar-refractivity contribution in [1.29, 1.82) is 0 Å². The van der Waals surface area contributed by atoms with Crippen molar-refractivity contribution in [1.82, 2.24) is 19.1 Å². The molecular formula is C56H32N4O2. The highest BCUT2D eigenvalue weighted by Gasteiger charge is 2.26. The van der Waals surface area contributed by atoms with Crippen LogP contribution < -0.4 is 0 Å². The van der Waals surface area contributed by atoms with E-state index in [1.165, 1.54) is 16.3 Å². The van der Waals surface area contributed by atoms with Crippen LogP contribution in [-0.4, -0.2) is 19.1 Å².